The van der Waals surface area contributed by atoms with E-state index >= 15 is 0 Å². The SMILES string of the molecule is COc1cccc(COc2cncc(C#CCN)c2)n1. The smallest absolute Gasteiger partial charge is 0.213 e. The molecule has 0 saturated carbocycles. The fraction of sp³-hybridized carbons (Fsp3) is 0.200. The van der Waals surface area contributed by atoms with Gasteiger partial charge < -0.3 is 15.2 Å². The Balaban J connectivity index is 2.03. The van der Waals surface area contributed by atoms with Crippen LogP contribution in [0, 0.1) is 11.8 Å². The zero-order valence-electron chi connectivity index (χ0n) is 11.2. The second-order valence-corrected chi connectivity index (χ2v) is 3.88. The molecule has 5 nitrogen and oxygen atoms in total. The number of nitrogens with two attached hydrogens (primary N) is 1. The average Bonchev–Trinajstić information content (AvgIpc) is 2.51. The van der Waals surface area contributed by atoms with E-state index in [0.29, 0.717) is 24.8 Å². The number of methoxy groups -OCH3 is 1. The van der Waals surface area contributed by atoms with Crippen molar-refractivity contribution in [2.24, 2.45) is 5.73 Å². The Labute approximate surface area is 117 Å². The second-order valence-electron chi connectivity index (χ2n) is 3.88. The molecule has 0 aliphatic rings. The molecule has 2 aromatic rings. The summed E-state index contributed by atoms with van der Waals surface area (Å²) in [4.78, 5) is 8.34. The molecule has 2 rings (SSSR count). The van der Waals surface area contributed by atoms with Gasteiger partial charge in [-0.1, -0.05) is 17.9 Å². The molecule has 2 heterocycles. The maximum absolute atomic E-state index is 5.63. The monoisotopic (exact) mass is 269 g/mol. The van der Waals surface area contributed by atoms with Gasteiger partial charge in [0.05, 0.1) is 25.5 Å². The first-order valence-corrected chi connectivity index (χ1v) is 6.08. The van der Waals surface area contributed by atoms with Crippen molar-refractivity contribution in [3.63, 3.8) is 0 Å². The largest absolute Gasteiger partial charge is 0.486 e. The highest BCUT2D eigenvalue weighted by atomic mass is 16.5. The van der Waals surface area contributed by atoms with Gasteiger partial charge in [0.15, 0.2) is 0 Å². The summed E-state index contributed by atoms with van der Waals surface area (Å²) in [6, 6.07) is 7.34. The van der Waals surface area contributed by atoms with Crippen LogP contribution in [0.25, 0.3) is 0 Å². The predicted molar refractivity (Wildman–Crippen MR) is 75.3 cm³/mol. The standard InChI is InChI=1S/C15H15N3O2/c1-19-15-6-2-5-13(18-15)11-20-14-8-12(4-3-7-16)9-17-10-14/h2,5-6,8-10H,7,11,16H2,1H3. The van der Waals surface area contributed by atoms with Gasteiger partial charge in [-0.05, 0) is 12.1 Å². The fourth-order valence-corrected chi connectivity index (χ4v) is 1.53. The lowest BCUT2D eigenvalue weighted by Gasteiger charge is -2.06. The van der Waals surface area contributed by atoms with Gasteiger partial charge in [-0.2, -0.15) is 0 Å². The molecule has 0 aliphatic carbocycles. The third-order valence-electron chi connectivity index (χ3n) is 2.43. The maximum atomic E-state index is 5.63. The van der Waals surface area contributed by atoms with E-state index < -0.39 is 0 Å². The third kappa shape index (κ3) is 3.97. The summed E-state index contributed by atoms with van der Waals surface area (Å²) in [7, 11) is 1.58. The van der Waals surface area contributed by atoms with Crippen LogP contribution in [0.15, 0.2) is 36.7 Å². The van der Waals surface area contributed by atoms with E-state index in [9.17, 15) is 0 Å². The van der Waals surface area contributed by atoms with Crippen LogP contribution in [0.5, 0.6) is 11.6 Å². The van der Waals surface area contributed by atoms with Gasteiger partial charge in [-0.15, -0.1) is 0 Å². The minimum Gasteiger partial charge on any atom is -0.486 e. The number of ether oxygens (including phenoxy) is 2. The highest BCUT2D eigenvalue weighted by Gasteiger charge is 2.00. The van der Waals surface area contributed by atoms with Crippen molar-refractivity contribution in [3.8, 4) is 23.5 Å². The Bertz CT molecular complexity index is 632. The molecule has 102 valence electrons. The molecule has 0 spiro atoms. The van der Waals surface area contributed by atoms with E-state index in [4.69, 9.17) is 15.2 Å². The van der Waals surface area contributed by atoms with Crippen LogP contribution >= 0.6 is 0 Å². The van der Waals surface area contributed by atoms with Gasteiger partial charge in [-0.25, -0.2) is 4.98 Å². The lowest BCUT2D eigenvalue weighted by atomic mass is 10.3. The minimum atomic E-state index is 0.318. The van der Waals surface area contributed by atoms with Crippen molar-refractivity contribution in [2.45, 2.75) is 6.61 Å². The normalized spacial score (nSPS) is 9.50. The van der Waals surface area contributed by atoms with Crippen molar-refractivity contribution in [2.75, 3.05) is 13.7 Å². The van der Waals surface area contributed by atoms with E-state index in [0.717, 1.165) is 11.3 Å². The molecule has 0 saturated heterocycles. The molecular formula is C15H15N3O2. The Morgan fingerprint density at radius 3 is 3.00 bits per heavy atom. The van der Waals surface area contributed by atoms with Crippen molar-refractivity contribution in [1.82, 2.24) is 9.97 Å². The fourth-order valence-electron chi connectivity index (χ4n) is 1.53. The number of pyridine rings is 2. The Kier molecular flexibility index (Phi) is 4.93. The van der Waals surface area contributed by atoms with Gasteiger partial charge in [0, 0.05) is 17.8 Å². The van der Waals surface area contributed by atoms with Gasteiger partial charge in [0.25, 0.3) is 0 Å². The Morgan fingerprint density at radius 1 is 1.30 bits per heavy atom. The van der Waals surface area contributed by atoms with Crippen LogP contribution in [0.2, 0.25) is 0 Å². The number of hydrogen-bond acceptors (Lipinski definition) is 5. The molecule has 0 amide bonds. The first-order chi connectivity index (χ1) is 9.81. The molecule has 0 bridgehead atoms. The quantitative estimate of drug-likeness (QED) is 0.849. The topological polar surface area (TPSA) is 70.3 Å². The lowest BCUT2D eigenvalue weighted by Crippen LogP contribution is -2.00. The molecule has 0 fully saturated rings. The van der Waals surface area contributed by atoms with Crippen LogP contribution in [0.3, 0.4) is 0 Å². The summed E-state index contributed by atoms with van der Waals surface area (Å²) in [5.74, 6) is 6.88. The number of rotatable bonds is 4. The van der Waals surface area contributed by atoms with Gasteiger partial charge >= 0.3 is 0 Å². The van der Waals surface area contributed by atoms with E-state index in [-0.39, 0.29) is 0 Å². The van der Waals surface area contributed by atoms with E-state index in [1.807, 2.05) is 18.2 Å². The van der Waals surface area contributed by atoms with Gasteiger partial charge in [0.2, 0.25) is 5.88 Å². The number of hydrogen-bond donors (Lipinski definition) is 1. The lowest BCUT2D eigenvalue weighted by molar-refractivity contribution is 0.297. The van der Waals surface area contributed by atoms with Gasteiger partial charge in [0.1, 0.15) is 12.4 Å². The van der Waals surface area contributed by atoms with Crippen molar-refractivity contribution < 1.29 is 9.47 Å². The summed E-state index contributed by atoms with van der Waals surface area (Å²) in [5, 5.41) is 0. The molecule has 5 heteroatoms. The van der Waals surface area contributed by atoms with Crippen LogP contribution in [-0.4, -0.2) is 23.6 Å². The summed E-state index contributed by atoms with van der Waals surface area (Å²) in [6.07, 6.45) is 3.30. The molecule has 0 atom stereocenters. The van der Waals surface area contributed by atoms with E-state index in [1.54, 1.807) is 25.6 Å². The van der Waals surface area contributed by atoms with Crippen molar-refractivity contribution in [3.05, 3.63) is 47.9 Å². The molecular weight excluding hydrogens is 254 g/mol. The Hall–Kier alpha value is -2.58. The average molecular weight is 269 g/mol. The molecule has 2 N–H and O–H groups in total. The summed E-state index contributed by atoms with van der Waals surface area (Å²) in [5.41, 5.74) is 6.88. The van der Waals surface area contributed by atoms with Crippen molar-refractivity contribution in [1.29, 1.82) is 0 Å². The number of nitrogens with zero attached hydrogens (tertiary/aromatic N) is 2. The highest BCUT2D eigenvalue weighted by molar-refractivity contribution is 5.36. The van der Waals surface area contributed by atoms with Crippen molar-refractivity contribution >= 4 is 0 Å². The molecule has 0 aliphatic heterocycles. The summed E-state index contributed by atoms with van der Waals surface area (Å²) in [6.45, 7) is 0.658. The third-order valence-corrected chi connectivity index (χ3v) is 2.43. The molecule has 20 heavy (non-hydrogen) atoms. The second kappa shape index (κ2) is 7.12. The van der Waals surface area contributed by atoms with E-state index in [2.05, 4.69) is 21.8 Å². The summed E-state index contributed by atoms with van der Waals surface area (Å²) < 4.78 is 10.7. The van der Waals surface area contributed by atoms with Crippen LogP contribution in [0.4, 0.5) is 0 Å². The molecule has 0 aromatic carbocycles. The number of aromatic nitrogens is 2. The van der Waals surface area contributed by atoms with Gasteiger partial charge in [-0.3, -0.25) is 4.98 Å². The highest BCUT2D eigenvalue weighted by Crippen LogP contribution is 2.13. The zero-order chi connectivity index (χ0) is 14.2. The predicted octanol–water partition coefficient (Wildman–Crippen LogP) is 1.37. The molecule has 0 unspecified atom stereocenters. The van der Waals surface area contributed by atoms with Crippen LogP contribution < -0.4 is 15.2 Å². The van der Waals surface area contributed by atoms with E-state index in [1.165, 1.54) is 0 Å². The summed E-state index contributed by atoms with van der Waals surface area (Å²) >= 11 is 0. The van der Waals surface area contributed by atoms with Crippen LogP contribution in [-0.2, 0) is 6.61 Å². The molecule has 0 radical (unpaired) electrons. The first kappa shape index (κ1) is 13.8. The first-order valence-electron chi connectivity index (χ1n) is 6.08. The Morgan fingerprint density at radius 2 is 2.20 bits per heavy atom. The zero-order valence-corrected chi connectivity index (χ0v) is 11.2. The maximum Gasteiger partial charge on any atom is 0.213 e. The minimum absolute atomic E-state index is 0.318. The van der Waals surface area contributed by atoms with Crippen LogP contribution in [0.1, 0.15) is 11.3 Å². The molecule has 2 aromatic heterocycles.